The molecule has 1 aliphatic heterocycles. The fraction of sp³-hybridized carbons (Fsp3) is 1.00. The van der Waals surface area contributed by atoms with Crippen LogP contribution in [0.15, 0.2) is 0 Å². The van der Waals surface area contributed by atoms with E-state index in [9.17, 15) is 0 Å². The molecule has 2 rings (SSSR count). The predicted molar refractivity (Wildman–Crippen MR) is 52.1 cm³/mol. The van der Waals surface area contributed by atoms with E-state index in [1.165, 1.54) is 32.2 Å². The Bertz CT molecular complexity index is 181. The summed E-state index contributed by atoms with van der Waals surface area (Å²) in [4.78, 5) is 0. The molecule has 1 saturated carbocycles. The molecule has 0 aromatic heterocycles. The van der Waals surface area contributed by atoms with Crippen molar-refractivity contribution in [3.8, 4) is 0 Å². The lowest BCUT2D eigenvalue weighted by Gasteiger charge is -2.51. The third-order valence-corrected chi connectivity index (χ3v) is 4.17. The van der Waals surface area contributed by atoms with Gasteiger partial charge in [0.25, 0.3) is 0 Å². The van der Waals surface area contributed by atoms with Gasteiger partial charge in [-0.3, -0.25) is 0 Å². The van der Waals surface area contributed by atoms with Crippen LogP contribution in [-0.2, 0) is 0 Å². The Morgan fingerprint density at radius 2 is 1.92 bits per heavy atom. The van der Waals surface area contributed by atoms with Gasteiger partial charge in [-0.15, -0.1) is 0 Å². The van der Waals surface area contributed by atoms with Crippen LogP contribution < -0.4 is 5.32 Å². The Kier molecular flexibility index (Phi) is 1.76. The van der Waals surface area contributed by atoms with Crippen LogP contribution in [0.5, 0.6) is 0 Å². The van der Waals surface area contributed by atoms with Crippen molar-refractivity contribution in [2.24, 2.45) is 11.3 Å². The molecule has 2 fully saturated rings. The smallest absolute Gasteiger partial charge is 0.0156 e. The average molecular weight is 167 g/mol. The topological polar surface area (TPSA) is 12.0 Å². The lowest BCUT2D eigenvalue weighted by molar-refractivity contribution is 0.0344. The van der Waals surface area contributed by atoms with E-state index in [0.717, 1.165) is 5.92 Å². The summed E-state index contributed by atoms with van der Waals surface area (Å²) in [6.07, 6.45) is 5.57. The van der Waals surface area contributed by atoms with Gasteiger partial charge in [-0.1, -0.05) is 13.8 Å². The average Bonchev–Trinajstić information content (AvgIpc) is 2.00. The maximum absolute atomic E-state index is 3.66. The zero-order valence-corrected chi connectivity index (χ0v) is 8.61. The minimum absolute atomic E-state index is 0.485. The molecule has 1 N–H and O–H groups in total. The van der Waals surface area contributed by atoms with Crippen LogP contribution in [0.2, 0.25) is 0 Å². The highest BCUT2D eigenvalue weighted by molar-refractivity contribution is 4.99. The summed E-state index contributed by atoms with van der Waals surface area (Å²) in [5.41, 5.74) is 1.10. The fourth-order valence-electron chi connectivity index (χ4n) is 2.93. The van der Waals surface area contributed by atoms with Gasteiger partial charge < -0.3 is 5.32 Å². The van der Waals surface area contributed by atoms with Crippen LogP contribution in [0, 0.1) is 11.3 Å². The molecule has 2 unspecified atom stereocenters. The van der Waals surface area contributed by atoms with Crippen LogP contribution in [0.3, 0.4) is 0 Å². The van der Waals surface area contributed by atoms with Gasteiger partial charge in [0.2, 0.25) is 0 Å². The third kappa shape index (κ3) is 1.28. The highest BCUT2D eigenvalue weighted by Crippen LogP contribution is 2.47. The standard InChI is InChI=1S/C11H21N/c1-10(2)5-6-11(3)8-9(10)4-7-12-11/h9,12H,4-8H2,1-3H3. The third-order valence-electron chi connectivity index (χ3n) is 4.17. The molecule has 2 atom stereocenters. The van der Waals surface area contributed by atoms with Gasteiger partial charge in [0, 0.05) is 5.54 Å². The minimum Gasteiger partial charge on any atom is -0.311 e. The molecular weight excluding hydrogens is 146 g/mol. The van der Waals surface area contributed by atoms with E-state index in [0.29, 0.717) is 11.0 Å². The van der Waals surface area contributed by atoms with Crippen LogP contribution in [0.4, 0.5) is 0 Å². The van der Waals surface area contributed by atoms with Crippen molar-refractivity contribution in [1.82, 2.24) is 5.32 Å². The Morgan fingerprint density at radius 1 is 1.17 bits per heavy atom. The first-order valence-corrected chi connectivity index (χ1v) is 5.27. The Balaban J connectivity index is 2.16. The van der Waals surface area contributed by atoms with Gasteiger partial charge >= 0.3 is 0 Å². The summed E-state index contributed by atoms with van der Waals surface area (Å²) >= 11 is 0. The summed E-state index contributed by atoms with van der Waals surface area (Å²) in [5.74, 6) is 0.970. The van der Waals surface area contributed by atoms with Crippen molar-refractivity contribution >= 4 is 0 Å². The summed E-state index contributed by atoms with van der Waals surface area (Å²) in [5, 5.41) is 3.66. The minimum atomic E-state index is 0.485. The number of hydrogen-bond donors (Lipinski definition) is 1. The molecule has 1 heteroatoms. The molecule has 2 aliphatic rings. The Labute approximate surface area is 75.9 Å². The molecule has 0 amide bonds. The van der Waals surface area contributed by atoms with E-state index in [-0.39, 0.29) is 0 Å². The van der Waals surface area contributed by atoms with E-state index in [1.54, 1.807) is 0 Å². The van der Waals surface area contributed by atoms with Crippen molar-refractivity contribution < 1.29 is 0 Å². The molecule has 0 aromatic carbocycles. The second-order valence-corrected chi connectivity index (χ2v) is 5.67. The SMILES string of the molecule is CC12CCC(C)(C)C(CCN1)C2. The number of piperidine rings is 1. The van der Waals surface area contributed by atoms with Crippen LogP contribution in [0.25, 0.3) is 0 Å². The van der Waals surface area contributed by atoms with E-state index in [1.807, 2.05) is 0 Å². The first kappa shape index (κ1) is 8.55. The van der Waals surface area contributed by atoms with Crippen LogP contribution >= 0.6 is 0 Å². The van der Waals surface area contributed by atoms with Gasteiger partial charge in [0.05, 0.1) is 0 Å². The van der Waals surface area contributed by atoms with Crippen LogP contribution in [0.1, 0.15) is 46.5 Å². The van der Waals surface area contributed by atoms with E-state index >= 15 is 0 Å². The van der Waals surface area contributed by atoms with E-state index in [2.05, 4.69) is 26.1 Å². The maximum Gasteiger partial charge on any atom is 0.0156 e. The predicted octanol–water partition coefficient (Wildman–Crippen LogP) is 2.56. The van der Waals surface area contributed by atoms with Crippen molar-refractivity contribution in [2.45, 2.75) is 52.0 Å². The second kappa shape index (κ2) is 2.47. The first-order chi connectivity index (χ1) is 5.52. The zero-order chi connectivity index (χ0) is 8.82. The molecule has 0 spiro atoms. The highest BCUT2D eigenvalue weighted by atomic mass is 15.0. The molecule has 0 radical (unpaired) electrons. The Morgan fingerprint density at radius 3 is 2.58 bits per heavy atom. The van der Waals surface area contributed by atoms with Gasteiger partial charge in [0.1, 0.15) is 0 Å². The van der Waals surface area contributed by atoms with Gasteiger partial charge in [-0.05, 0) is 50.5 Å². The summed E-state index contributed by atoms with van der Waals surface area (Å²) in [6.45, 7) is 8.53. The number of hydrogen-bond acceptors (Lipinski definition) is 1. The van der Waals surface area contributed by atoms with Gasteiger partial charge in [-0.2, -0.15) is 0 Å². The summed E-state index contributed by atoms with van der Waals surface area (Å²) < 4.78 is 0. The molecule has 70 valence electrons. The maximum atomic E-state index is 3.66. The Hall–Kier alpha value is -0.0400. The number of fused-ring (bicyclic) bond motifs is 2. The van der Waals surface area contributed by atoms with Gasteiger partial charge in [0.15, 0.2) is 0 Å². The fourth-order valence-corrected chi connectivity index (χ4v) is 2.93. The second-order valence-electron chi connectivity index (χ2n) is 5.67. The molecule has 0 aromatic rings. The van der Waals surface area contributed by atoms with Crippen molar-refractivity contribution in [1.29, 1.82) is 0 Å². The molecular formula is C11H21N. The van der Waals surface area contributed by atoms with Crippen molar-refractivity contribution in [3.05, 3.63) is 0 Å². The normalized spacial score (nSPS) is 45.8. The molecule has 1 saturated heterocycles. The summed E-state index contributed by atoms with van der Waals surface area (Å²) in [7, 11) is 0. The largest absolute Gasteiger partial charge is 0.311 e. The van der Waals surface area contributed by atoms with Gasteiger partial charge in [-0.25, -0.2) is 0 Å². The molecule has 1 heterocycles. The van der Waals surface area contributed by atoms with Crippen molar-refractivity contribution in [2.75, 3.05) is 6.54 Å². The number of rotatable bonds is 0. The zero-order valence-electron chi connectivity index (χ0n) is 8.61. The van der Waals surface area contributed by atoms with E-state index < -0.39 is 0 Å². The number of nitrogens with one attached hydrogen (secondary N) is 1. The quantitative estimate of drug-likeness (QED) is 0.584. The monoisotopic (exact) mass is 167 g/mol. The van der Waals surface area contributed by atoms with Crippen molar-refractivity contribution in [3.63, 3.8) is 0 Å². The van der Waals surface area contributed by atoms with E-state index in [4.69, 9.17) is 0 Å². The molecule has 2 bridgehead atoms. The highest BCUT2D eigenvalue weighted by Gasteiger charge is 2.43. The molecule has 12 heavy (non-hydrogen) atoms. The molecule has 1 aliphatic carbocycles. The first-order valence-electron chi connectivity index (χ1n) is 5.27. The molecule has 1 nitrogen and oxygen atoms in total. The lowest BCUT2D eigenvalue weighted by atomic mass is 9.60. The summed E-state index contributed by atoms with van der Waals surface area (Å²) in [6, 6.07) is 0. The van der Waals surface area contributed by atoms with Crippen LogP contribution in [-0.4, -0.2) is 12.1 Å². The lowest BCUT2D eigenvalue weighted by Crippen LogP contribution is -2.55.